The summed E-state index contributed by atoms with van der Waals surface area (Å²) in [5.41, 5.74) is 0. The highest BCUT2D eigenvalue weighted by molar-refractivity contribution is 5.76. The molecule has 0 aliphatic carbocycles. The number of allylic oxidation sites excluding steroid dienone is 2. The number of carbonyl (C=O) groups excluding carboxylic acids is 2. The third kappa shape index (κ3) is 59.8. The van der Waals surface area contributed by atoms with Crippen molar-refractivity contribution in [2.75, 3.05) is 13.2 Å². The molecule has 0 heterocycles. The first-order valence-corrected chi connectivity index (χ1v) is 33.9. The topological polar surface area (TPSA) is 95.9 Å². The van der Waals surface area contributed by atoms with E-state index < -0.39 is 12.1 Å². The summed E-state index contributed by atoms with van der Waals surface area (Å²) >= 11 is 0. The number of carbonyl (C=O) groups is 2. The molecule has 0 aliphatic heterocycles. The van der Waals surface area contributed by atoms with Crippen LogP contribution in [-0.4, -0.2) is 47.4 Å². The highest BCUT2D eigenvalue weighted by atomic mass is 16.5. The van der Waals surface area contributed by atoms with E-state index in [4.69, 9.17) is 4.74 Å². The van der Waals surface area contributed by atoms with Crippen LogP contribution < -0.4 is 5.32 Å². The lowest BCUT2D eigenvalue weighted by molar-refractivity contribution is -0.143. The fourth-order valence-electron chi connectivity index (χ4n) is 10.9. The summed E-state index contributed by atoms with van der Waals surface area (Å²) < 4.78 is 5.50. The van der Waals surface area contributed by atoms with E-state index in [0.29, 0.717) is 25.9 Å². The lowest BCUT2D eigenvalue weighted by Gasteiger charge is -2.22. The van der Waals surface area contributed by atoms with Gasteiger partial charge in [-0.1, -0.05) is 334 Å². The van der Waals surface area contributed by atoms with Gasteiger partial charge in [-0.15, -0.1) is 0 Å². The molecule has 6 heteroatoms. The molecule has 0 fully saturated rings. The fourth-order valence-corrected chi connectivity index (χ4v) is 10.9. The normalized spacial score (nSPS) is 12.5. The molecule has 2 atom stereocenters. The number of nitrogens with one attached hydrogen (secondary N) is 1. The average molecular weight is 1040 g/mol. The number of unbranched alkanes of at least 4 members (excludes halogenated alkanes) is 51. The summed E-state index contributed by atoms with van der Waals surface area (Å²) in [7, 11) is 0. The number of aliphatic hydroxyl groups excluding tert-OH is 2. The first-order chi connectivity index (χ1) is 36.5. The molecule has 0 aromatic rings. The van der Waals surface area contributed by atoms with Crippen LogP contribution in [0.2, 0.25) is 0 Å². The summed E-state index contributed by atoms with van der Waals surface area (Å²) in [5, 5.41) is 23.4. The minimum absolute atomic E-state index is 0.00427. The predicted octanol–water partition coefficient (Wildman–Crippen LogP) is 21.6. The molecule has 6 nitrogen and oxygen atoms in total. The predicted molar refractivity (Wildman–Crippen MR) is 324 cm³/mol. The van der Waals surface area contributed by atoms with E-state index in [9.17, 15) is 19.8 Å². The third-order valence-electron chi connectivity index (χ3n) is 16.1. The van der Waals surface area contributed by atoms with Gasteiger partial charge in [0.05, 0.1) is 25.4 Å². The van der Waals surface area contributed by atoms with Crippen LogP contribution in [0.15, 0.2) is 12.2 Å². The summed E-state index contributed by atoms with van der Waals surface area (Å²) in [6.07, 6.45) is 78.0. The van der Waals surface area contributed by atoms with E-state index in [0.717, 1.165) is 44.9 Å². The van der Waals surface area contributed by atoms with Crippen molar-refractivity contribution in [1.29, 1.82) is 0 Å². The lowest BCUT2D eigenvalue weighted by Crippen LogP contribution is -2.45. The Labute approximate surface area is 463 Å². The first kappa shape index (κ1) is 72.6. The largest absolute Gasteiger partial charge is 0.466 e. The SMILES string of the molecule is CCCCCCCC/C=C\CCCCCCCCCCCC(=O)OCCCCCCCCCCCCCCCCCCC(=O)NC(CO)C(O)CCCCCCCCCCCCCCCCCCCCCCCC. The molecule has 0 saturated carbocycles. The highest BCUT2D eigenvalue weighted by Gasteiger charge is 2.20. The zero-order chi connectivity index (χ0) is 53.6. The molecule has 2 unspecified atom stereocenters. The first-order valence-electron chi connectivity index (χ1n) is 33.9. The van der Waals surface area contributed by atoms with Gasteiger partial charge in [-0.2, -0.15) is 0 Å². The summed E-state index contributed by atoms with van der Waals surface area (Å²) in [6, 6.07) is -0.547. The van der Waals surface area contributed by atoms with Gasteiger partial charge in [-0.3, -0.25) is 9.59 Å². The maximum atomic E-state index is 12.5. The second kappa shape index (κ2) is 64.1. The maximum absolute atomic E-state index is 12.5. The van der Waals surface area contributed by atoms with Crippen molar-refractivity contribution in [1.82, 2.24) is 5.32 Å². The molecule has 0 rings (SSSR count). The van der Waals surface area contributed by atoms with Crippen molar-refractivity contribution in [3.8, 4) is 0 Å². The van der Waals surface area contributed by atoms with Gasteiger partial charge in [0.15, 0.2) is 0 Å². The molecule has 0 aliphatic rings. The standard InChI is InChI=1S/C68H133NO5/c1-3-5-7-9-11-13-15-17-19-21-23-24-25-27-28-32-36-40-44-48-52-56-60-66(71)65(64-70)69-67(72)61-57-53-49-45-41-37-33-30-31-35-39-43-47-51-55-59-63-74-68(73)62-58-54-50-46-42-38-34-29-26-22-20-18-16-14-12-10-8-6-4-2/h18,20,65-66,70-71H,3-17,19,21-64H2,1-2H3,(H,69,72)/b20-18-. The Balaban J connectivity index is 3.40. The smallest absolute Gasteiger partial charge is 0.305 e. The molecule has 0 radical (unpaired) electrons. The number of amides is 1. The van der Waals surface area contributed by atoms with Crippen molar-refractivity contribution in [3.63, 3.8) is 0 Å². The van der Waals surface area contributed by atoms with Gasteiger partial charge < -0.3 is 20.3 Å². The average Bonchev–Trinajstić information content (AvgIpc) is 3.40. The molecule has 0 bridgehead atoms. The van der Waals surface area contributed by atoms with E-state index >= 15 is 0 Å². The molecule has 3 N–H and O–H groups in total. The van der Waals surface area contributed by atoms with E-state index in [-0.39, 0.29) is 18.5 Å². The minimum atomic E-state index is -0.670. The minimum Gasteiger partial charge on any atom is -0.466 e. The van der Waals surface area contributed by atoms with Gasteiger partial charge in [-0.05, 0) is 51.4 Å². The van der Waals surface area contributed by atoms with Crippen LogP contribution in [-0.2, 0) is 14.3 Å². The van der Waals surface area contributed by atoms with Gasteiger partial charge in [0.25, 0.3) is 0 Å². The van der Waals surface area contributed by atoms with Crippen LogP contribution in [0.3, 0.4) is 0 Å². The Morgan fingerprint density at radius 2 is 0.635 bits per heavy atom. The van der Waals surface area contributed by atoms with Crippen LogP contribution >= 0.6 is 0 Å². The Kier molecular flexibility index (Phi) is 62.9. The fraction of sp³-hybridized carbons (Fsp3) is 0.941. The molecular formula is C68H133NO5. The Hall–Kier alpha value is -1.40. The zero-order valence-corrected chi connectivity index (χ0v) is 50.4. The molecule has 74 heavy (non-hydrogen) atoms. The number of aliphatic hydroxyl groups is 2. The highest BCUT2D eigenvalue weighted by Crippen LogP contribution is 2.19. The Morgan fingerprint density at radius 3 is 0.959 bits per heavy atom. The third-order valence-corrected chi connectivity index (χ3v) is 16.1. The van der Waals surface area contributed by atoms with Crippen LogP contribution in [0.25, 0.3) is 0 Å². The van der Waals surface area contributed by atoms with Crippen LogP contribution in [0.4, 0.5) is 0 Å². The van der Waals surface area contributed by atoms with Gasteiger partial charge in [0.2, 0.25) is 5.91 Å². The van der Waals surface area contributed by atoms with Gasteiger partial charge in [0, 0.05) is 12.8 Å². The lowest BCUT2D eigenvalue weighted by atomic mass is 10.0. The molecule has 0 saturated heterocycles. The number of ether oxygens (including phenoxy) is 1. The summed E-state index contributed by atoms with van der Waals surface area (Å²) in [5.74, 6) is -0.0327. The van der Waals surface area contributed by atoms with E-state index in [1.165, 1.54) is 308 Å². The zero-order valence-electron chi connectivity index (χ0n) is 50.4. The molecule has 440 valence electrons. The van der Waals surface area contributed by atoms with Crippen molar-refractivity contribution in [2.24, 2.45) is 0 Å². The summed E-state index contributed by atoms with van der Waals surface area (Å²) in [4.78, 5) is 24.7. The van der Waals surface area contributed by atoms with Crippen molar-refractivity contribution in [3.05, 3.63) is 12.2 Å². The van der Waals surface area contributed by atoms with Gasteiger partial charge in [-0.25, -0.2) is 0 Å². The van der Waals surface area contributed by atoms with E-state index in [1.54, 1.807) is 0 Å². The van der Waals surface area contributed by atoms with Crippen molar-refractivity contribution in [2.45, 2.75) is 398 Å². The molecule has 0 aromatic heterocycles. The van der Waals surface area contributed by atoms with Crippen molar-refractivity contribution >= 4 is 11.9 Å². The Morgan fingerprint density at radius 1 is 0.365 bits per heavy atom. The second-order valence-electron chi connectivity index (χ2n) is 23.5. The number of esters is 1. The van der Waals surface area contributed by atoms with Gasteiger partial charge >= 0.3 is 5.97 Å². The monoisotopic (exact) mass is 1040 g/mol. The summed E-state index contributed by atoms with van der Waals surface area (Å²) in [6.45, 7) is 4.98. The quantitative estimate of drug-likeness (QED) is 0.0320. The molecule has 1 amide bonds. The van der Waals surface area contributed by atoms with E-state index in [2.05, 4.69) is 31.3 Å². The van der Waals surface area contributed by atoms with Crippen LogP contribution in [0, 0.1) is 0 Å². The van der Waals surface area contributed by atoms with Crippen LogP contribution in [0.5, 0.6) is 0 Å². The van der Waals surface area contributed by atoms with Gasteiger partial charge in [0.1, 0.15) is 0 Å². The van der Waals surface area contributed by atoms with Crippen LogP contribution in [0.1, 0.15) is 386 Å². The number of hydrogen-bond donors (Lipinski definition) is 3. The van der Waals surface area contributed by atoms with Crippen molar-refractivity contribution < 1.29 is 24.5 Å². The second-order valence-corrected chi connectivity index (χ2v) is 23.5. The maximum Gasteiger partial charge on any atom is 0.305 e. The number of rotatable bonds is 64. The molecular weight excluding hydrogens is 911 g/mol. The van der Waals surface area contributed by atoms with E-state index in [1.807, 2.05) is 0 Å². The Bertz CT molecular complexity index is 1110. The molecule has 0 spiro atoms. The number of hydrogen-bond acceptors (Lipinski definition) is 5. The molecule has 0 aromatic carbocycles.